The number of benzene rings is 2. The fraction of sp³-hybridized carbons (Fsp3) is 0.120. The topological polar surface area (TPSA) is 33.1 Å². The lowest BCUT2D eigenvalue weighted by molar-refractivity contribution is 0.549. The third kappa shape index (κ3) is 3.27. The monoisotopic (exact) mass is 410 g/mol. The van der Waals surface area contributed by atoms with Gasteiger partial charge in [-0.2, -0.15) is 0 Å². The minimum atomic E-state index is -0.0574. The van der Waals surface area contributed by atoms with E-state index in [9.17, 15) is 0 Å². The molecule has 0 amide bonds. The van der Waals surface area contributed by atoms with Crippen molar-refractivity contribution in [3.63, 3.8) is 0 Å². The van der Waals surface area contributed by atoms with Gasteiger partial charge in [0.25, 0.3) is 0 Å². The quantitative estimate of drug-likeness (QED) is 0.459. The molecule has 0 radical (unpaired) electrons. The highest BCUT2D eigenvalue weighted by Crippen LogP contribution is 2.42. The molecular formula is C25H22N4S. The van der Waals surface area contributed by atoms with Crippen LogP contribution in [0.2, 0.25) is 0 Å². The standard InChI is InChI=1S/C25H22N4S/c1-18-12-14-19(15-13-18)28-17-7-11-22(28)24-23(21-10-5-6-16-26-21)27-25(30)29(24)20-8-3-2-4-9-20/h2-17,23-24H,1H3,(H,27,30)/t23-,24+/m0/s1. The van der Waals surface area contributed by atoms with Crippen LogP contribution in [0, 0.1) is 6.92 Å². The molecule has 1 saturated heterocycles. The second-order valence-corrected chi connectivity index (χ2v) is 7.86. The number of para-hydroxylation sites is 1. The molecule has 1 aliphatic rings. The Hall–Kier alpha value is -3.44. The van der Waals surface area contributed by atoms with E-state index in [4.69, 9.17) is 12.2 Å². The zero-order valence-corrected chi connectivity index (χ0v) is 17.5. The molecular weight excluding hydrogens is 388 g/mol. The van der Waals surface area contributed by atoms with Crippen LogP contribution >= 0.6 is 12.2 Å². The lowest BCUT2D eigenvalue weighted by Gasteiger charge is -2.29. The Morgan fingerprint density at radius 3 is 2.33 bits per heavy atom. The predicted molar refractivity (Wildman–Crippen MR) is 125 cm³/mol. The molecule has 1 aliphatic heterocycles. The van der Waals surface area contributed by atoms with Crippen LogP contribution in [0.15, 0.2) is 97.3 Å². The van der Waals surface area contributed by atoms with Crippen molar-refractivity contribution in [1.82, 2.24) is 14.9 Å². The maximum Gasteiger partial charge on any atom is 0.174 e. The molecule has 5 rings (SSSR count). The highest BCUT2D eigenvalue weighted by atomic mass is 32.1. The van der Waals surface area contributed by atoms with E-state index in [1.807, 2.05) is 36.5 Å². The van der Waals surface area contributed by atoms with Crippen LogP contribution in [0.25, 0.3) is 5.69 Å². The van der Waals surface area contributed by atoms with Crippen LogP contribution in [0.4, 0.5) is 5.69 Å². The van der Waals surface area contributed by atoms with Crippen molar-refractivity contribution < 1.29 is 0 Å². The maximum absolute atomic E-state index is 5.81. The van der Waals surface area contributed by atoms with Gasteiger partial charge in [-0.1, -0.05) is 42.0 Å². The summed E-state index contributed by atoms with van der Waals surface area (Å²) in [6.45, 7) is 2.11. The second-order valence-electron chi connectivity index (χ2n) is 7.47. The van der Waals surface area contributed by atoms with Crippen molar-refractivity contribution in [3.8, 4) is 5.69 Å². The first-order valence-electron chi connectivity index (χ1n) is 10.0. The largest absolute Gasteiger partial charge is 0.351 e. The van der Waals surface area contributed by atoms with E-state index in [0.29, 0.717) is 5.11 Å². The molecule has 0 unspecified atom stereocenters. The van der Waals surface area contributed by atoms with Crippen molar-refractivity contribution in [3.05, 3.63) is 114 Å². The van der Waals surface area contributed by atoms with Crippen molar-refractivity contribution in [1.29, 1.82) is 0 Å². The number of pyridine rings is 1. The molecule has 0 bridgehead atoms. The molecule has 4 aromatic rings. The summed E-state index contributed by atoms with van der Waals surface area (Å²) in [5, 5.41) is 4.23. The average molecular weight is 411 g/mol. The summed E-state index contributed by atoms with van der Waals surface area (Å²) in [5.74, 6) is 0. The molecule has 2 aromatic heterocycles. The van der Waals surface area contributed by atoms with Gasteiger partial charge in [0.1, 0.15) is 6.04 Å². The van der Waals surface area contributed by atoms with Crippen LogP contribution in [0.3, 0.4) is 0 Å². The molecule has 0 aliphatic carbocycles. The number of aryl methyl sites for hydroxylation is 1. The van der Waals surface area contributed by atoms with Crippen LogP contribution in [0.5, 0.6) is 0 Å². The number of thiocarbonyl (C=S) groups is 1. The van der Waals surface area contributed by atoms with Gasteiger partial charge < -0.3 is 14.8 Å². The third-order valence-corrected chi connectivity index (χ3v) is 5.84. The number of hydrogen-bond acceptors (Lipinski definition) is 2. The summed E-state index contributed by atoms with van der Waals surface area (Å²) in [6.07, 6.45) is 3.95. The molecule has 0 spiro atoms. The van der Waals surface area contributed by atoms with Crippen LogP contribution in [-0.2, 0) is 0 Å². The second kappa shape index (κ2) is 7.76. The first-order chi connectivity index (χ1) is 14.7. The Morgan fingerprint density at radius 2 is 1.60 bits per heavy atom. The normalized spacial score (nSPS) is 18.4. The molecule has 1 N–H and O–H groups in total. The van der Waals surface area contributed by atoms with Gasteiger partial charge in [0.2, 0.25) is 0 Å². The Kier molecular flexibility index (Phi) is 4.81. The van der Waals surface area contributed by atoms with E-state index in [-0.39, 0.29) is 12.1 Å². The van der Waals surface area contributed by atoms with Gasteiger partial charge in [-0.3, -0.25) is 4.98 Å². The van der Waals surface area contributed by atoms with Crippen LogP contribution in [0.1, 0.15) is 29.0 Å². The average Bonchev–Trinajstić information content (AvgIpc) is 3.40. The molecule has 1 fully saturated rings. The molecule has 148 valence electrons. The highest BCUT2D eigenvalue weighted by molar-refractivity contribution is 7.80. The summed E-state index contributed by atoms with van der Waals surface area (Å²) in [5.41, 5.74) is 5.57. The number of nitrogens with zero attached hydrogens (tertiary/aromatic N) is 3. The van der Waals surface area contributed by atoms with E-state index in [1.54, 1.807) is 0 Å². The zero-order chi connectivity index (χ0) is 20.5. The van der Waals surface area contributed by atoms with E-state index in [0.717, 1.165) is 22.8 Å². The Balaban J connectivity index is 1.66. The van der Waals surface area contributed by atoms with Gasteiger partial charge in [-0.25, -0.2) is 0 Å². The molecule has 4 nitrogen and oxygen atoms in total. The predicted octanol–water partition coefficient (Wildman–Crippen LogP) is 5.36. The van der Waals surface area contributed by atoms with E-state index >= 15 is 0 Å². The number of rotatable bonds is 4. The SMILES string of the molecule is Cc1ccc(-n2cccc2[C@@H]2[C@H](c3ccccn3)NC(=S)N2c2ccccc2)cc1. The Morgan fingerprint density at radius 1 is 0.833 bits per heavy atom. The first-order valence-corrected chi connectivity index (χ1v) is 10.4. The molecule has 5 heteroatoms. The van der Waals surface area contributed by atoms with Crippen molar-refractivity contribution in [2.24, 2.45) is 0 Å². The van der Waals surface area contributed by atoms with Crippen molar-refractivity contribution >= 4 is 23.0 Å². The zero-order valence-electron chi connectivity index (χ0n) is 16.6. The van der Waals surface area contributed by atoms with Gasteiger partial charge >= 0.3 is 0 Å². The summed E-state index contributed by atoms with van der Waals surface area (Å²) in [4.78, 5) is 6.84. The maximum atomic E-state index is 5.81. The van der Waals surface area contributed by atoms with Crippen molar-refractivity contribution in [2.75, 3.05) is 4.90 Å². The molecule has 3 heterocycles. The van der Waals surface area contributed by atoms with Gasteiger partial charge in [0.05, 0.1) is 11.7 Å². The van der Waals surface area contributed by atoms with Gasteiger partial charge in [0, 0.05) is 29.5 Å². The highest BCUT2D eigenvalue weighted by Gasteiger charge is 2.42. The molecule has 30 heavy (non-hydrogen) atoms. The first kappa shape index (κ1) is 18.6. The molecule has 2 atom stereocenters. The minimum Gasteiger partial charge on any atom is -0.351 e. The summed E-state index contributed by atoms with van der Waals surface area (Å²) < 4.78 is 2.24. The van der Waals surface area contributed by atoms with Crippen LogP contribution < -0.4 is 10.2 Å². The lowest BCUT2D eigenvalue weighted by Crippen LogP contribution is -2.30. The fourth-order valence-corrected chi connectivity index (χ4v) is 4.44. The minimum absolute atomic E-state index is 0.0360. The van der Waals surface area contributed by atoms with E-state index in [1.165, 1.54) is 5.56 Å². The Labute approximate surface area is 181 Å². The number of aromatic nitrogens is 2. The van der Waals surface area contributed by atoms with Gasteiger partial charge in [-0.15, -0.1) is 0 Å². The van der Waals surface area contributed by atoms with Crippen molar-refractivity contribution in [2.45, 2.75) is 19.0 Å². The third-order valence-electron chi connectivity index (χ3n) is 5.53. The number of hydrogen-bond donors (Lipinski definition) is 1. The lowest BCUT2D eigenvalue weighted by atomic mass is 10.0. The number of anilines is 1. The summed E-state index contributed by atoms with van der Waals surface area (Å²) >= 11 is 5.81. The van der Waals surface area contributed by atoms with E-state index in [2.05, 4.69) is 87.5 Å². The Bertz CT molecular complexity index is 1150. The smallest absolute Gasteiger partial charge is 0.174 e. The molecule has 0 saturated carbocycles. The summed E-state index contributed by atoms with van der Waals surface area (Å²) in [7, 11) is 0. The summed E-state index contributed by atoms with van der Waals surface area (Å²) in [6, 6.07) is 29.1. The number of nitrogens with one attached hydrogen (secondary N) is 1. The molecule has 2 aromatic carbocycles. The van der Waals surface area contributed by atoms with Gasteiger partial charge in [-0.05, 0) is 67.7 Å². The van der Waals surface area contributed by atoms with E-state index < -0.39 is 0 Å². The van der Waals surface area contributed by atoms with Crippen LogP contribution in [-0.4, -0.2) is 14.7 Å². The van der Waals surface area contributed by atoms with Gasteiger partial charge in [0.15, 0.2) is 5.11 Å². The fourth-order valence-electron chi connectivity index (χ4n) is 4.10.